The Morgan fingerprint density at radius 1 is 1.19 bits per heavy atom. The first kappa shape index (κ1) is 19.3. The van der Waals surface area contributed by atoms with Crippen molar-refractivity contribution in [2.24, 2.45) is 0 Å². The van der Waals surface area contributed by atoms with E-state index in [4.69, 9.17) is 0 Å². The molecule has 1 atom stereocenters. The summed E-state index contributed by atoms with van der Waals surface area (Å²) in [4.78, 5) is 17.1. The van der Waals surface area contributed by atoms with Crippen molar-refractivity contribution in [3.63, 3.8) is 0 Å². The molecular weight excluding hydrogens is 352 g/mol. The van der Waals surface area contributed by atoms with Crippen LogP contribution in [-0.2, 0) is 16.6 Å². The van der Waals surface area contributed by atoms with Crippen molar-refractivity contribution >= 4 is 15.9 Å². The minimum Gasteiger partial charge on any atom is -0.337 e. The van der Waals surface area contributed by atoms with Crippen LogP contribution in [-0.4, -0.2) is 75.2 Å². The average Bonchev–Trinajstić information content (AvgIpc) is 3.17. The molecule has 7 nitrogen and oxygen atoms in total. The van der Waals surface area contributed by atoms with Crippen LogP contribution in [0.2, 0.25) is 0 Å². The molecule has 0 aromatic heterocycles. The van der Waals surface area contributed by atoms with Gasteiger partial charge in [0.2, 0.25) is 10.0 Å². The van der Waals surface area contributed by atoms with E-state index in [0.717, 1.165) is 51.3 Å². The molecular formula is C18H28N4O3S. The quantitative estimate of drug-likeness (QED) is 0.739. The summed E-state index contributed by atoms with van der Waals surface area (Å²) in [7, 11) is -3.21. The van der Waals surface area contributed by atoms with Gasteiger partial charge in [-0.15, -0.1) is 0 Å². The zero-order valence-corrected chi connectivity index (χ0v) is 16.1. The molecule has 0 saturated carbocycles. The maximum Gasteiger partial charge on any atom is 0.253 e. The van der Waals surface area contributed by atoms with Gasteiger partial charge in [0.15, 0.2) is 0 Å². The number of carbonyl (C=O) groups is 1. The third-order valence-electron chi connectivity index (χ3n) is 5.20. The Bertz CT molecular complexity index is 714. The number of hydrogen-bond acceptors (Lipinski definition) is 5. The Labute approximate surface area is 155 Å². The van der Waals surface area contributed by atoms with Crippen molar-refractivity contribution < 1.29 is 13.2 Å². The molecule has 0 radical (unpaired) electrons. The van der Waals surface area contributed by atoms with E-state index in [9.17, 15) is 13.2 Å². The first-order valence-electron chi connectivity index (χ1n) is 9.29. The highest BCUT2D eigenvalue weighted by molar-refractivity contribution is 7.89. The first-order chi connectivity index (χ1) is 12.5. The zero-order chi connectivity index (χ0) is 18.6. The van der Waals surface area contributed by atoms with Crippen molar-refractivity contribution in [2.45, 2.75) is 25.9 Å². The first-order valence-corrected chi connectivity index (χ1v) is 10.9. The van der Waals surface area contributed by atoms with Gasteiger partial charge in [0.05, 0.1) is 5.75 Å². The Hall–Kier alpha value is -1.48. The van der Waals surface area contributed by atoms with Gasteiger partial charge < -0.3 is 10.2 Å². The number of nitrogens with one attached hydrogen (secondary N) is 2. The van der Waals surface area contributed by atoms with Gasteiger partial charge in [0, 0.05) is 57.4 Å². The lowest BCUT2D eigenvalue weighted by atomic mass is 10.1. The molecule has 0 spiro atoms. The Morgan fingerprint density at radius 2 is 1.88 bits per heavy atom. The van der Waals surface area contributed by atoms with E-state index in [-0.39, 0.29) is 18.2 Å². The fourth-order valence-corrected chi connectivity index (χ4v) is 4.11. The largest absolute Gasteiger partial charge is 0.337 e. The summed E-state index contributed by atoms with van der Waals surface area (Å²) in [5.74, 6) is 0.121. The monoisotopic (exact) mass is 380 g/mol. The second-order valence-electron chi connectivity index (χ2n) is 6.90. The van der Waals surface area contributed by atoms with Crippen LogP contribution >= 0.6 is 0 Å². The van der Waals surface area contributed by atoms with Crippen LogP contribution in [0.1, 0.15) is 29.3 Å². The molecule has 1 unspecified atom stereocenters. The number of carbonyl (C=O) groups excluding carboxylic acids is 1. The summed E-state index contributed by atoms with van der Waals surface area (Å²) >= 11 is 0. The smallest absolute Gasteiger partial charge is 0.253 e. The molecule has 26 heavy (non-hydrogen) atoms. The number of amides is 1. The molecule has 2 N–H and O–H groups in total. The predicted octanol–water partition coefficient (Wildman–Crippen LogP) is 0.246. The summed E-state index contributed by atoms with van der Waals surface area (Å²) in [6.07, 6.45) is 1.03. The maximum atomic E-state index is 12.7. The minimum atomic E-state index is -3.21. The van der Waals surface area contributed by atoms with Crippen molar-refractivity contribution in [1.82, 2.24) is 19.8 Å². The molecule has 2 heterocycles. The standard InChI is InChI=1S/C18H28N4O3S/c1-2-26(24,25)20-13-15-3-5-16(6-4-15)18(23)22-10-7-17(14-22)21-11-8-19-9-12-21/h3-6,17,19-20H,2,7-14H2,1H3. The van der Waals surface area contributed by atoms with Crippen LogP contribution in [0.25, 0.3) is 0 Å². The van der Waals surface area contributed by atoms with Gasteiger partial charge in [0.1, 0.15) is 0 Å². The molecule has 1 aromatic rings. The van der Waals surface area contributed by atoms with E-state index in [0.29, 0.717) is 11.6 Å². The Balaban J connectivity index is 1.55. The molecule has 1 aromatic carbocycles. The highest BCUT2D eigenvalue weighted by Gasteiger charge is 2.31. The van der Waals surface area contributed by atoms with Crippen LogP contribution in [0.3, 0.4) is 0 Å². The molecule has 2 aliphatic heterocycles. The van der Waals surface area contributed by atoms with Crippen molar-refractivity contribution in [1.29, 1.82) is 0 Å². The molecule has 144 valence electrons. The van der Waals surface area contributed by atoms with Gasteiger partial charge in [-0.25, -0.2) is 13.1 Å². The predicted molar refractivity (Wildman–Crippen MR) is 101 cm³/mol. The van der Waals surface area contributed by atoms with Crippen LogP contribution in [0.15, 0.2) is 24.3 Å². The lowest BCUT2D eigenvalue weighted by Crippen LogP contribution is -2.49. The van der Waals surface area contributed by atoms with E-state index in [1.807, 2.05) is 17.0 Å². The number of benzene rings is 1. The normalized spacial score (nSPS) is 21.9. The van der Waals surface area contributed by atoms with Gasteiger partial charge >= 0.3 is 0 Å². The summed E-state index contributed by atoms with van der Waals surface area (Å²) in [5.41, 5.74) is 1.51. The van der Waals surface area contributed by atoms with E-state index >= 15 is 0 Å². The van der Waals surface area contributed by atoms with E-state index < -0.39 is 10.0 Å². The fraction of sp³-hybridized carbons (Fsp3) is 0.611. The molecule has 2 fully saturated rings. The number of rotatable bonds is 6. The molecule has 0 aliphatic carbocycles. The molecule has 1 amide bonds. The van der Waals surface area contributed by atoms with Gasteiger partial charge in [-0.2, -0.15) is 0 Å². The van der Waals surface area contributed by atoms with Gasteiger partial charge in [-0.1, -0.05) is 12.1 Å². The second kappa shape index (κ2) is 8.47. The van der Waals surface area contributed by atoms with Crippen molar-refractivity contribution in [3.8, 4) is 0 Å². The molecule has 0 bridgehead atoms. The highest BCUT2D eigenvalue weighted by Crippen LogP contribution is 2.19. The molecule has 8 heteroatoms. The third-order valence-corrected chi connectivity index (χ3v) is 6.54. The number of sulfonamides is 1. The van der Waals surface area contributed by atoms with Crippen LogP contribution in [0, 0.1) is 0 Å². The lowest BCUT2D eigenvalue weighted by Gasteiger charge is -2.32. The number of hydrogen-bond donors (Lipinski definition) is 2. The van der Waals surface area contributed by atoms with E-state index in [1.165, 1.54) is 0 Å². The average molecular weight is 381 g/mol. The number of nitrogens with zero attached hydrogens (tertiary/aromatic N) is 2. The summed E-state index contributed by atoms with van der Waals surface area (Å²) < 4.78 is 25.5. The van der Waals surface area contributed by atoms with Gasteiger partial charge in [-0.05, 0) is 31.0 Å². The maximum absolute atomic E-state index is 12.7. The lowest BCUT2D eigenvalue weighted by molar-refractivity contribution is 0.0773. The Morgan fingerprint density at radius 3 is 2.54 bits per heavy atom. The highest BCUT2D eigenvalue weighted by atomic mass is 32.2. The minimum absolute atomic E-state index is 0.0586. The number of piperazine rings is 1. The van der Waals surface area contributed by atoms with Crippen molar-refractivity contribution in [3.05, 3.63) is 35.4 Å². The second-order valence-corrected chi connectivity index (χ2v) is 9.00. The summed E-state index contributed by atoms with van der Waals surface area (Å²) in [6.45, 7) is 7.58. The fourth-order valence-electron chi connectivity index (χ4n) is 3.51. The van der Waals surface area contributed by atoms with E-state index in [1.54, 1.807) is 19.1 Å². The summed E-state index contributed by atoms with van der Waals surface area (Å²) in [5, 5.41) is 3.36. The van der Waals surface area contributed by atoms with Crippen LogP contribution in [0.5, 0.6) is 0 Å². The van der Waals surface area contributed by atoms with Gasteiger partial charge in [0.25, 0.3) is 5.91 Å². The zero-order valence-electron chi connectivity index (χ0n) is 15.3. The van der Waals surface area contributed by atoms with Gasteiger partial charge in [-0.3, -0.25) is 9.69 Å². The summed E-state index contributed by atoms with van der Waals surface area (Å²) in [6, 6.07) is 7.67. The van der Waals surface area contributed by atoms with Crippen LogP contribution in [0.4, 0.5) is 0 Å². The van der Waals surface area contributed by atoms with E-state index in [2.05, 4.69) is 14.9 Å². The van der Waals surface area contributed by atoms with Crippen LogP contribution < -0.4 is 10.0 Å². The molecule has 2 aliphatic rings. The van der Waals surface area contributed by atoms with Crippen molar-refractivity contribution in [2.75, 3.05) is 45.0 Å². The third kappa shape index (κ3) is 4.82. The number of likely N-dealkylation sites (tertiary alicyclic amines) is 1. The molecule has 2 saturated heterocycles. The topological polar surface area (TPSA) is 81.8 Å². The Kier molecular flexibility index (Phi) is 6.29. The molecule has 3 rings (SSSR count). The SMILES string of the molecule is CCS(=O)(=O)NCc1ccc(C(=O)N2CCC(N3CCNCC3)C2)cc1.